The van der Waals surface area contributed by atoms with E-state index in [0.717, 1.165) is 19.4 Å². The topological polar surface area (TPSA) is 78.0 Å². The molecule has 2 atom stereocenters. The van der Waals surface area contributed by atoms with Gasteiger partial charge in [0.1, 0.15) is 5.56 Å². The van der Waals surface area contributed by atoms with Crippen LogP contribution < -0.4 is 5.32 Å². The van der Waals surface area contributed by atoms with E-state index in [0.29, 0.717) is 12.2 Å². The van der Waals surface area contributed by atoms with E-state index in [2.05, 4.69) is 15.5 Å². The van der Waals surface area contributed by atoms with E-state index < -0.39 is 18.3 Å². The minimum Gasteiger partial charge on any atom is -0.478 e. The Hall–Kier alpha value is -1.50. The van der Waals surface area contributed by atoms with Crippen molar-refractivity contribution in [2.24, 2.45) is 5.92 Å². The highest BCUT2D eigenvalue weighted by atomic mass is 19.3. The van der Waals surface area contributed by atoms with Gasteiger partial charge in [0.2, 0.25) is 6.43 Å². The summed E-state index contributed by atoms with van der Waals surface area (Å²) in [5, 5.41) is 18.5. The van der Waals surface area contributed by atoms with E-state index in [9.17, 15) is 13.6 Å². The SMILES string of the molecule is O=C(O)c1cn[nH]c1C(CC(F)F)C1CCCNC1. The summed E-state index contributed by atoms with van der Waals surface area (Å²) >= 11 is 0. The molecule has 2 heterocycles. The molecule has 1 aromatic heterocycles. The summed E-state index contributed by atoms with van der Waals surface area (Å²) in [4.78, 5) is 11.1. The number of hydrogen-bond acceptors (Lipinski definition) is 3. The number of piperidine rings is 1. The van der Waals surface area contributed by atoms with Gasteiger partial charge in [-0.2, -0.15) is 5.10 Å². The third kappa shape index (κ3) is 3.28. The van der Waals surface area contributed by atoms with Crippen LogP contribution in [0.25, 0.3) is 0 Å². The Balaban J connectivity index is 2.25. The molecular formula is C12H17F2N3O2. The van der Waals surface area contributed by atoms with Crippen molar-refractivity contribution in [3.05, 3.63) is 17.5 Å². The van der Waals surface area contributed by atoms with E-state index in [4.69, 9.17) is 5.11 Å². The van der Waals surface area contributed by atoms with Crippen molar-refractivity contribution in [1.29, 1.82) is 0 Å². The maximum atomic E-state index is 12.8. The zero-order chi connectivity index (χ0) is 13.8. The average Bonchev–Trinajstić information content (AvgIpc) is 2.86. The first-order valence-corrected chi connectivity index (χ1v) is 6.35. The molecule has 7 heteroatoms. The number of carboxylic acid groups (broad SMARTS) is 1. The highest BCUT2D eigenvalue weighted by Gasteiger charge is 2.31. The Morgan fingerprint density at radius 3 is 2.95 bits per heavy atom. The first kappa shape index (κ1) is 13.9. The minimum atomic E-state index is -2.46. The van der Waals surface area contributed by atoms with Gasteiger partial charge in [0.05, 0.1) is 11.9 Å². The van der Waals surface area contributed by atoms with Crippen LogP contribution in [-0.4, -0.2) is 40.8 Å². The second kappa shape index (κ2) is 6.10. The van der Waals surface area contributed by atoms with Crippen LogP contribution in [0.3, 0.4) is 0 Å². The fraction of sp³-hybridized carbons (Fsp3) is 0.667. The molecule has 0 spiro atoms. The molecule has 19 heavy (non-hydrogen) atoms. The number of nitrogens with zero attached hydrogens (tertiary/aromatic N) is 1. The number of halogens is 2. The van der Waals surface area contributed by atoms with Crippen molar-refractivity contribution in [3.8, 4) is 0 Å². The van der Waals surface area contributed by atoms with E-state index >= 15 is 0 Å². The molecule has 106 valence electrons. The number of aromatic nitrogens is 2. The van der Waals surface area contributed by atoms with Crippen molar-refractivity contribution < 1.29 is 18.7 Å². The van der Waals surface area contributed by atoms with E-state index in [1.807, 2.05) is 0 Å². The maximum absolute atomic E-state index is 12.8. The monoisotopic (exact) mass is 273 g/mol. The Morgan fingerprint density at radius 2 is 2.37 bits per heavy atom. The summed E-state index contributed by atoms with van der Waals surface area (Å²) in [7, 11) is 0. The fourth-order valence-electron chi connectivity index (χ4n) is 2.71. The zero-order valence-electron chi connectivity index (χ0n) is 10.4. The van der Waals surface area contributed by atoms with Crippen molar-refractivity contribution in [2.45, 2.75) is 31.6 Å². The lowest BCUT2D eigenvalue weighted by molar-refractivity contribution is 0.0690. The van der Waals surface area contributed by atoms with Gasteiger partial charge in [-0.05, 0) is 31.8 Å². The number of nitrogens with one attached hydrogen (secondary N) is 2. The molecule has 3 N–H and O–H groups in total. The smallest absolute Gasteiger partial charge is 0.339 e. The quantitative estimate of drug-likeness (QED) is 0.765. The summed E-state index contributed by atoms with van der Waals surface area (Å²) in [6.07, 6.45) is 0.127. The molecule has 1 aromatic rings. The molecule has 0 amide bonds. The first-order valence-electron chi connectivity index (χ1n) is 6.35. The second-order valence-electron chi connectivity index (χ2n) is 4.84. The number of carboxylic acids is 1. The van der Waals surface area contributed by atoms with Gasteiger partial charge in [-0.25, -0.2) is 13.6 Å². The van der Waals surface area contributed by atoms with Crippen LogP contribution in [0.1, 0.15) is 41.2 Å². The third-order valence-corrected chi connectivity index (χ3v) is 3.61. The molecule has 2 rings (SSSR count). The molecule has 0 aliphatic carbocycles. The summed E-state index contributed by atoms with van der Waals surface area (Å²) in [6.45, 7) is 1.52. The Morgan fingerprint density at radius 1 is 1.58 bits per heavy atom. The van der Waals surface area contributed by atoms with Gasteiger partial charge in [-0.1, -0.05) is 0 Å². The highest BCUT2D eigenvalue weighted by molar-refractivity contribution is 5.88. The van der Waals surface area contributed by atoms with Gasteiger partial charge in [0, 0.05) is 12.3 Å². The predicted octanol–water partition coefficient (Wildman–Crippen LogP) is 1.85. The van der Waals surface area contributed by atoms with E-state index in [1.54, 1.807) is 0 Å². The number of rotatable bonds is 5. The third-order valence-electron chi connectivity index (χ3n) is 3.61. The number of hydrogen-bond donors (Lipinski definition) is 3. The standard InChI is InChI=1S/C12H17F2N3O2/c13-10(14)4-8(7-2-1-3-15-5-7)11-9(12(18)19)6-16-17-11/h6-8,10,15H,1-5H2,(H,16,17)(H,18,19). The van der Waals surface area contributed by atoms with Crippen LogP contribution in [0.2, 0.25) is 0 Å². The Bertz CT molecular complexity index is 430. The minimum absolute atomic E-state index is 0.00350. The molecule has 2 unspecified atom stereocenters. The fourth-order valence-corrected chi connectivity index (χ4v) is 2.71. The first-order chi connectivity index (χ1) is 9.09. The van der Waals surface area contributed by atoms with Gasteiger partial charge >= 0.3 is 5.97 Å². The van der Waals surface area contributed by atoms with Gasteiger partial charge < -0.3 is 10.4 Å². The van der Waals surface area contributed by atoms with Crippen molar-refractivity contribution >= 4 is 5.97 Å². The number of alkyl halides is 2. The highest BCUT2D eigenvalue weighted by Crippen LogP contribution is 2.35. The van der Waals surface area contributed by atoms with Crippen LogP contribution in [0, 0.1) is 5.92 Å². The Kier molecular flexibility index (Phi) is 4.47. The van der Waals surface area contributed by atoms with Crippen molar-refractivity contribution in [2.75, 3.05) is 13.1 Å². The lowest BCUT2D eigenvalue weighted by atomic mass is 9.81. The summed E-state index contributed by atoms with van der Waals surface area (Å²) in [5.41, 5.74) is 0.317. The van der Waals surface area contributed by atoms with Crippen LogP contribution in [0.4, 0.5) is 8.78 Å². The second-order valence-corrected chi connectivity index (χ2v) is 4.84. The molecule has 0 radical (unpaired) electrons. The van der Waals surface area contributed by atoms with Crippen LogP contribution >= 0.6 is 0 Å². The molecule has 5 nitrogen and oxygen atoms in total. The number of aromatic carboxylic acids is 1. The summed E-state index contributed by atoms with van der Waals surface area (Å²) in [6, 6.07) is 0. The van der Waals surface area contributed by atoms with Crippen LogP contribution in [-0.2, 0) is 0 Å². The molecular weight excluding hydrogens is 256 g/mol. The van der Waals surface area contributed by atoms with Crippen molar-refractivity contribution in [1.82, 2.24) is 15.5 Å². The molecule has 1 saturated heterocycles. The molecule has 1 aliphatic rings. The lowest BCUT2D eigenvalue weighted by Crippen LogP contribution is -2.34. The normalized spacial score (nSPS) is 21.5. The number of H-pyrrole nitrogens is 1. The molecule has 1 aliphatic heterocycles. The molecule has 0 aromatic carbocycles. The van der Waals surface area contributed by atoms with E-state index in [1.165, 1.54) is 6.20 Å². The lowest BCUT2D eigenvalue weighted by Gasteiger charge is -2.30. The summed E-state index contributed by atoms with van der Waals surface area (Å²) in [5.74, 6) is -1.62. The molecule has 0 saturated carbocycles. The average molecular weight is 273 g/mol. The zero-order valence-corrected chi connectivity index (χ0v) is 10.4. The summed E-state index contributed by atoms with van der Waals surface area (Å²) < 4.78 is 25.5. The van der Waals surface area contributed by atoms with Gasteiger partial charge in [0.15, 0.2) is 0 Å². The molecule has 0 bridgehead atoms. The number of aromatic amines is 1. The van der Waals surface area contributed by atoms with Crippen LogP contribution in [0.15, 0.2) is 6.20 Å². The Labute approximate surface area is 109 Å². The van der Waals surface area contributed by atoms with Gasteiger partial charge in [0.25, 0.3) is 0 Å². The van der Waals surface area contributed by atoms with Gasteiger partial charge in [-0.3, -0.25) is 5.10 Å². The van der Waals surface area contributed by atoms with Gasteiger partial charge in [-0.15, -0.1) is 0 Å². The predicted molar refractivity (Wildman–Crippen MR) is 64.5 cm³/mol. The number of carbonyl (C=O) groups is 1. The van der Waals surface area contributed by atoms with Crippen molar-refractivity contribution in [3.63, 3.8) is 0 Å². The van der Waals surface area contributed by atoms with Crippen LogP contribution in [0.5, 0.6) is 0 Å². The largest absolute Gasteiger partial charge is 0.478 e. The molecule has 1 fully saturated rings. The maximum Gasteiger partial charge on any atom is 0.339 e. The van der Waals surface area contributed by atoms with E-state index in [-0.39, 0.29) is 17.9 Å².